The van der Waals surface area contributed by atoms with E-state index in [1.54, 1.807) is 21.4 Å². The first-order valence-electron chi connectivity index (χ1n) is 6.79. The van der Waals surface area contributed by atoms with Crippen molar-refractivity contribution in [2.45, 2.75) is 46.2 Å². The third-order valence-electron chi connectivity index (χ3n) is 2.72. The highest BCUT2D eigenvalue weighted by molar-refractivity contribution is 7.89. The van der Waals surface area contributed by atoms with Gasteiger partial charge in [0.2, 0.25) is 0 Å². The average molecular weight is 287 g/mol. The van der Waals surface area contributed by atoms with Crippen molar-refractivity contribution in [1.82, 2.24) is 13.9 Å². The van der Waals surface area contributed by atoms with Gasteiger partial charge in [-0.3, -0.25) is 0 Å². The highest BCUT2D eigenvalue weighted by Gasteiger charge is 2.27. The second kappa shape index (κ2) is 6.52. The zero-order chi connectivity index (χ0) is 14.6. The fraction of sp³-hybridized carbons (Fsp3) is 0.769. The van der Waals surface area contributed by atoms with E-state index in [1.165, 1.54) is 0 Å². The van der Waals surface area contributed by atoms with Gasteiger partial charge in [0, 0.05) is 25.8 Å². The Bertz CT molecular complexity index is 482. The summed E-state index contributed by atoms with van der Waals surface area (Å²) in [7, 11) is -3.48. The third-order valence-corrected chi connectivity index (χ3v) is 4.43. The Balaban J connectivity index is 3.03. The Labute approximate surface area is 116 Å². The van der Waals surface area contributed by atoms with Crippen LogP contribution >= 0.6 is 0 Å². The zero-order valence-corrected chi connectivity index (χ0v) is 13.3. The first kappa shape index (κ1) is 16.2. The number of sulfonamides is 1. The molecule has 0 aliphatic heterocycles. The van der Waals surface area contributed by atoms with Gasteiger partial charge in [-0.15, -0.1) is 0 Å². The van der Waals surface area contributed by atoms with Gasteiger partial charge in [-0.05, 0) is 18.8 Å². The van der Waals surface area contributed by atoms with Crippen LogP contribution in [0.1, 0.15) is 34.6 Å². The third kappa shape index (κ3) is 4.31. The second-order valence-corrected chi connectivity index (χ2v) is 7.54. The standard InChI is InChI=1S/C13H25N3O2S/c1-6-15-9-13(14-10-15)19(17,18)16(7-11(2)3)8-12(4)5/h9-12H,6-8H2,1-5H3. The molecule has 0 radical (unpaired) electrons. The summed E-state index contributed by atoms with van der Waals surface area (Å²) < 4.78 is 28.5. The fourth-order valence-corrected chi connectivity index (χ4v) is 3.57. The van der Waals surface area contributed by atoms with Crippen molar-refractivity contribution >= 4 is 10.0 Å². The highest BCUT2D eigenvalue weighted by Crippen LogP contribution is 2.17. The molecule has 0 unspecified atom stereocenters. The zero-order valence-electron chi connectivity index (χ0n) is 12.5. The summed E-state index contributed by atoms with van der Waals surface area (Å²) >= 11 is 0. The van der Waals surface area contributed by atoms with Crippen LogP contribution in [-0.2, 0) is 16.6 Å². The van der Waals surface area contributed by atoms with Crippen LogP contribution in [0.3, 0.4) is 0 Å². The van der Waals surface area contributed by atoms with E-state index in [1.807, 2.05) is 34.6 Å². The lowest BCUT2D eigenvalue weighted by molar-refractivity contribution is 0.332. The molecule has 0 aromatic carbocycles. The normalized spacial score (nSPS) is 12.8. The number of hydrogen-bond donors (Lipinski definition) is 0. The second-order valence-electron chi connectivity index (χ2n) is 5.65. The maximum atomic E-state index is 12.6. The Kier molecular flexibility index (Phi) is 5.55. The molecule has 0 spiro atoms. The minimum absolute atomic E-state index is 0.149. The van der Waals surface area contributed by atoms with Crippen LogP contribution in [-0.4, -0.2) is 35.4 Å². The average Bonchev–Trinajstić information content (AvgIpc) is 2.75. The van der Waals surface area contributed by atoms with Crippen molar-refractivity contribution < 1.29 is 8.42 Å². The minimum Gasteiger partial charge on any atom is -0.336 e. The molecule has 5 nitrogen and oxygen atoms in total. The molecular weight excluding hydrogens is 262 g/mol. The smallest absolute Gasteiger partial charge is 0.262 e. The van der Waals surface area contributed by atoms with E-state index in [-0.39, 0.29) is 5.03 Å². The van der Waals surface area contributed by atoms with Crippen molar-refractivity contribution in [2.24, 2.45) is 11.8 Å². The van der Waals surface area contributed by atoms with Gasteiger partial charge >= 0.3 is 0 Å². The monoisotopic (exact) mass is 287 g/mol. The summed E-state index contributed by atoms with van der Waals surface area (Å²) in [5, 5.41) is 0.149. The summed E-state index contributed by atoms with van der Waals surface area (Å²) in [5.41, 5.74) is 0. The molecule has 0 amide bonds. The van der Waals surface area contributed by atoms with Crippen LogP contribution in [0.4, 0.5) is 0 Å². The SMILES string of the molecule is CCn1cnc(S(=O)(=O)N(CC(C)C)CC(C)C)c1. The molecule has 0 N–H and O–H groups in total. The van der Waals surface area contributed by atoms with Crippen molar-refractivity contribution in [3.8, 4) is 0 Å². The van der Waals surface area contributed by atoms with Crippen molar-refractivity contribution in [2.75, 3.05) is 13.1 Å². The molecule has 0 saturated heterocycles. The fourth-order valence-electron chi connectivity index (χ4n) is 1.86. The van der Waals surface area contributed by atoms with Crippen LogP contribution in [0.2, 0.25) is 0 Å². The van der Waals surface area contributed by atoms with Crippen LogP contribution in [0.5, 0.6) is 0 Å². The van der Waals surface area contributed by atoms with E-state index < -0.39 is 10.0 Å². The quantitative estimate of drug-likeness (QED) is 0.772. The van der Waals surface area contributed by atoms with Crippen LogP contribution < -0.4 is 0 Å². The Morgan fingerprint density at radius 3 is 2.11 bits per heavy atom. The topological polar surface area (TPSA) is 55.2 Å². The molecule has 1 rings (SSSR count). The Hall–Kier alpha value is -0.880. The summed E-state index contributed by atoms with van der Waals surface area (Å²) in [5.74, 6) is 0.587. The van der Waals surface area contributed by atoms with Gasteiger partial charge in [-0.1, -0.05) is 27.7 Å². The van der Waals surface area contributed by atoms with Crippen molar-refractivity contribution in [3.63, 3.8) is 0 Å². The van der Waals surface area contributed by atoms with Gasteiger partial charge in [-0.2, -0.15) is 4.31 Å². The maximum absolute atomic E-state index is 12.6. The van der Waals surface area contributed by atoms with Gasteiger partial charge < -0.3 is 4.57 Å². The van der Waals surface area contributed by atoms with Gasteiger partial charge in [0.1, 0.15) is 0 Å². The molecule has 0 fully saturated rings. The predicted molar refractivity (Wildman–Crippen MR) is 76.3 cm³/mol. The minimum atomic E-state index is -3.48. The van der Waals surface area contributed by atoms with E-state index in [4.69, 9.17) is 0 Å². The molecule has 0 saturated carbocycles. The van der Waals surface area contributed by atoms with Crippen molar-refractivity contribution in [3.05, 3.63) is 12.5 Å². The van der Waals surface area contributed by atoms with E-state index >= 15 is 0 Å². The number of aromatic nitrogens is 2. The summed E-state index contributed by atoms with van der Waals surface area (Å²) in [6, 6.07) is 0. The van der Waals surface area contributed by atoms with Crippen LogP contribution in [0.25, 0.3) is 0 Å². The lowest BCUT2D eigenvalue weighted by atomic mass is 10.2. The number of rotatable bonds is 7. The van der Waals surface area contributed by atoms with Crippen LogP contribution in [0.15, 0.2) is 17.6 Å². The molecule has 0 aliphatic rings. The summed E-state index contributed by atoms with van der Waals surface area (Å²) in [4.78, 5) is 4.03. The molecule has 19 heavy (non-hydrogen) atoms. The molecule has 1 aromatic heterocycles. The van der Waals surface area contributed by atoms with E-state index in [0.29, 0.717) is 24.9 Å². The first-order chi connectivity index (χ1) is 8.77. The number of nitrogens with zero attached hydrogens (tertiary/aromatic N) is 3. The lowest BCUT2D eigenvalue weighted by Crippen LogP contribution is -2.37. The van der Waals surface area contributed by atoms with Crippen molar-refractivity contribution in [1.29, 1.82) is 0 Å². The molecule has 1 aromatic rings. The number of aryl methyl sites for hydroxylation is 1. The van der Waals surface area contributed by atoms with Gasteiger partial charge in [-0.25, -0.2) is 13.4 Å². The number of hydrogen-bond acceptors (Lipinski definition) is 3. The summed E-state index contributed by atoms with van der Waals surface area (Å²) in [6.07, 6.45) is 3.17. The molecule has 1 heterocycles. The maximum Gasteiger partial charge on any atom is 0.262 e. The van der Waals surface area contributed by atoms with Gasteiger partial charge in [0.05, 0.1) is 6.33 Å². The molecule has 110 valence electrons. The molecule has 0 aliphatic carbocycles. The van der Waals surface area contributed by atoms with Gasteiger partial charge in [0.25, 0.3) is 10.0 Å². The van der Waals surface area contributed by atoms with Crippen LogP contribution in [0, 0.1) is 11.8 Å². The first-order valence-corrected chi connectivity index (χ1v) is 8.23. The number of imidazole rings is 1. The largest absolute Gasteiger partial charge is 0.336 e. The molecular formula is C13H25N3O2S. The van der Waals surface area contributed by atoms with Gasteiger partial charge in [0.15, 0.2) is 5.03 Å². The predicted octanol–water partition coefficient (Wildman–Crippen LogP) is 2.21. The van der Waals surface area contributed by atoms with E-state index in [0.717, 1.165) is 6.54 Å². The molecule has 0 atom stereocenters. The van der Waals surface area contributed by atoms with E-state index in [2.05, 4.69) is 4.98 Å². The molecule has 6 heteroatoms. The Morgan fingerprint density at radius 1 is 1.21 bits per heavy atom. The Morgan fingerprint density at radius 2 is 1.74 bits per heavy atom. The lowest BCUT2D eigenvalue weighted by Gasteiger charge is -2.24. The molecule has 0 bridgehead atoms. The summed E-state index contributed by atoms with van der Waals surface area (Å²) in [6.45, 7) is 11.8. The van der Waals surface area contributed by atoms with E-state index in [9.17, 15) is 8.42 Å². The highest BCUT2D eigenvalue weighted by atomic mass is 32.2.